The van der Waals surface area contributed by atoms with Gasteiger partial charge in [0.15, 0.2) is 0 Å². The van der Waals surface area contributed by atoms with Gasteiger partial charge in [-0.3, -0.25) is 0 Å². The van der Waals surface area contributed by atoms with Crippen LogP contribution in [0.2, 0.25) is 0 Å². The molecule has 80 valence electrons. The van der Waals surface area contributed by atoms with Crippen molar-refractivity contribution in [1.82, 2.24) is 4.98 Å². The molecule has 0 bridgehead atoms. The maximum absolute atomic E-state index is 8.70. The van der Waals surface area contributed by atoms with Gasteiger partial charge in [-0.05, 0) is 18.2 Å². The Hall–Kier alpha value is -2.06. The van der Waals surface area contributed by atoms with E-state index in [1.807, 2.05) is 17.5 Å². The maximum atomic E-state index is 8.70. The first-order valence-electron chi connectivity index (χ1n) is 4.71. The van der Waals surface area contributed by atoms with E-state index in [4.69, 9.17) is 11.0 Å². The number of hydrogen-bond donors (Lipinski definition) is 2. The van der Waals surface area contributed by atoms with E-state index < -0.39 is 0 Å². The first-order chi connectivity index (χ1) is 7.79. The van der Waals surface area contributed by atoms with Crippen LogP contribution in [0.3, 0.4) is 0 Å². The highest BCUT2D eigenvalue weighted by Gasteiger charge is 2.01. The fraction of sp³-hybridized carbons (Fsp3) is 0.0909. The largest absolute Gasteiger partial charge is 0.397 e. The average molecular weight is 230 g/mol. The van der Waals surface area contributed by atoms with Crippen molar-refractivity contribution in [3.05, 3.63) is 40.3 Å². The second kappa shape index (κ2) is 4.64. The summed E-state index contributed by atoms with van der Waals surface area (Å²) in [6, 6.07) is 7.25. The standard InChI is InChI=1S/C11H10N4S/c12-6-8-1-2-10(9(13)5-8)15-7-11-14-3-4-16-11/h1-5,15H,7,13H2. The third-order valence-corrected chi connectivity index (χ3v) is 2.87. The van der Waals surface area contributed by atoms with Crippen molar-refractivity contribution in [1.29, 1.82) is 5.26 Å². The number of hydrogen-bond acceptors (Lipinski definition) is 5. The van der Waals surface area contributed by atoms with Crippen molar-refractivity contribution < 1.29 is 0 Å². The minimum atomic E-state index is 0.567. The molecule has 5 heteroatoms. The van der Waals surface area contributed by atoms with Gasteiger partial charge < -0.3 is 11.1 Å². The van der Waals surface area contributed by atoms with Crippen LogP contribution in [-0.4, -0.2) is 4.98 Å². The van der Waals surface area contributed by atoms with E-state index in [0.29, 0.717) is 17.8 Å². The van der Waals surface area contributed by atoms with Gasteiger partial charge in [-0.25, -0.2) is 4.98 Å². The van der Waals surface area contributed by atoms with Crippen molar-refractivity contribution >= 4 is 22.7 Å². The first-order valence-corrected chi connectivity index (χ1v) is 5.59. The summed E-state index contributed by atoms with van der Waals surface area (Å²) in [4.78, 5) is 4.16. The Morgan fingerprint density at radius 1 is 1.50 bits per heavy atom. The zero-order valence-corrected chi connectivity index (χ0v) is 9.29. The molecule has 0 amide bonds. The van der Waals surface area contributed by atoms with Gasteiger partial charge in [-0.1, -0.05) is 0 Å². The van der Waals surface area contributed by atoms with Gasteiger partial charge in [0.1, 0.15) is 5.01 Å². The third-order valence-electron chi connectivity index (χ3n) is 2.09. The molecule has 16 heavy (non-hydrogen) atoms. The summed E-state index contributed by atoms with van der Waals surface area (Å²) in [7, 11) is 0. The summed E-state index contributed by atoms with van der Waals surface area (Å²) in [5, 5.41) is 14.8. The number of nitrogens with zero attached hydrogens (tertiary/aromatic N) is 2. The van der Waals surface area contributed by atoms with Gasteiger partial charge in [0.05, 0.1) is 29.6 Å². The van der Waals surface area contributed by atoms with Gasteiger partial charge in [0.25, 0.3) is 0 Å². The summed E-state index contributed by atoms with van der Waals surface area (Å²) in [5.41, 5.74) is 7.78. The number of nitrogen functional groups attached to an aromatic ring is 1. The molecule has 0 aliphatic carbocycles. The van der Waals surface area contributed by atoms with E-state index in [1.165, 1.54) is 0 Å². The number of nitrogens with one attached hydrogen (secondary N) is 1. The molecule has 4 nitrogen and oxygen atoms in total. The Labute approximate surface area is 97.4 Å². The molecule has 0 spiro atoms. The van der Waals surface area contributed by atoms with Crippen molar-refractivity contribution in [3.63, 3.8) is 0 Å². The predicted molar refractivity (Wildman–Crippen MR) is 65.0 cm³/mol. The third kappa shape index (κ3) is 2.30. The SMILES string of the molecule is N#Cc1ccc(NCc2nccs2)c(N)c1. The molecule has 0 fully saturated rings. The van der Waals surface area contributed by atoms with Crippen LogP contribution in [-0.2, 0) is 6.54 Å². The molecule has 1 aromatic heterocycles. The van der Waals surface area contributed by atoms with Crippen molar-refractivity contribution in [3.8, 4) is 6.07 Å². The number of nitriles is 1. The Bertz CT molecular complexity index is 513. The first kappa shape index (κ1) is 10.5. The number of aromatic nitrogens is 1. The second-order valence-electron chi connectivity index (χ2n) is 3.19. The zero-order valence-electron chi connectivity index (χ0n) is 8.47. The van der Waals surface area contributed by atoms with Crippen molar-refractivity contribution in [2.75, 3.05) is 11.1 Å². The highest BCUT2D eigenvalue weighted by atomic mass is 32.1. The molecule has 0 radical (unpaired) electrons. The molecule has 3 N–H and O–H groups in total. The fourth-order valence-corrected chi connectivity index (χ4v) is 1.86. The number of rotatable bonds is 3. The number of anilines is 2. The summed E-state index contributed by atoms with van der Waals surface area (Å²) in [5.74, 6) is 0. The van der Waals surface area contributed by atoms with Crippen LogP contribution in [0.15, 0.2) is 29.8 Å². The summed E-state index contributed by atoms with van der Waals surface area (Å²) < 4.78 is 0. The van der Waals surface area contributed by atoms with E-state index in [1.54, 1.807) is 29.7 Å². The molecular weight excluding hydrogens is 220 g/mol. The van der Waals surface area contributed by atoms with Crippen LogP contribution in [0.5, 0.6) is 0 Å². The number of thiazole rings is 1. The molecule has 2 aromatic rings. The lowest BCUT2D eigenvalue weighted by molar-refractivity contribution is 1.10. The van der Waals surface area contributed by atoms with Gasteiger partial charge in [0.2, 0.25) is 0 Å². The highest BCUT2D eigenvalue weighted by molar-refractivity contribution is 7.09. The molecule has 0 aliphatic rings. The minimum Gasteiger partial charge on any atom is -0.397 e. The van der Waals surface area contributed by atoms with E-state index in [0.717, 1.165) is 10.7 Å². The van der Waals surface area contributed by atoms with Crippen LogP contribution >= 0.6 is 11.3 Å². The summed E-state index contributed by atoms with van der Waals surface area (Å²) in [6.07, 6.45) is 1.77. The topological polar surface area (TPSA) is 74.7 Å². The Balaban J connectivity index is 2.08. The molecule has 0 unspecified atom stereocenters. The van der Waals surface area contributed by atoms with Gasteiger partial charge in [0, 0.05) is 11.6 Å². The van der Waals surface area contributed by atoms with Crippen LogP contribution in [0, 0.1) is 11.3 Å². The van der Waals surface area contributed by atoms with Crippen LogP contribution in [0.25, 0.3) is 0 Å². The number of nitrogens with two attached hydrogens (primary N) is 1. The monoisotopic (exact) mass is 230 g/mol. The highest BCUT2D eigenvalue weighted by Crippen LogP contribution is 2.20. The minimum absolute atomic E-state index is 0.567. The molecule has 0 aliphatic heterocycles. The Morgan fingerprint density at radius 3 is 3.00 bits per heavy atom. The summed E-state index contributed by atoms with van der Waals surface area (Å²) in [6.45, 7) is 0.647. The normalized spacial score (nSPS) is 9.69. The zero-order chi connectivity index (χ0) is 11.4. The lowest BCUT2D eigenvalue weighted by atomic mass is 10.2. The van der Waals surface area contributed by atoms with Gasteiger partial charge in [-0.15, -0.1) is 11.3 Å². The Kier molecular flexibility index (Phi) is 3.03. The molecule has 0 saturated carbocycles. The smallest absolute Gasteiger partial charge is 0.112 e. The van der Waals surface area contributed by atoms with E-state index >= 15 is 0 Å². The van der Waals surface area contributed by atoms with E-state index in [-0.39, 0.29) is 0 Å². The quantitative estimate of drug-likeness (QED) is 0.793. The summed E-state index contributed by atoms with van der Waals surface area (Å²) >= 11 is 1.59. The van der Waals surface area contributed by atoms with Gasteiger partial charge >= 0.3 is 0 Å². The Morgan fingerprint density at radius 2 is 2.38 bits per heavy atom. The van der Waals surface area contributed by atoms with Crippen LogP contribution in [0.1, 0.15) is 10.6 Å². The maximum Gasteiger partial charge on any atom is 0.112 e. The van der Waals surface area contributed by atoms with Gasteiger partial charge in [-0.2, -0.15) is 5.26 Å². The lowest BCUT2D eigenvalue weighted by Crippen LogP contribution is -2.02. The molecule has 1 heterocycles. The number of benzene rings is 1. The van der Waals surface area contributed by atoms with Crippen molar-refractivity contribution in [2.45, 2.75) is 6.54 Å². The molecule has 0 atom stereocenters. The second-order valence-corrected chi connectivity index (χ2v) is 4.17. The van der Waals surface area contributed by atoms with E-state index in [9.17, 15) is 0 Å². The van der Waals surface area contributed by atoms with Crippen LogP contribution < -0.4 is 11.1 Å². The average Bonchev–Trinajstić information content (AvgIpc) is 2.80. The molecular formula is C11H10N4S. The lowest BCUT2D eigenvalue weighted by Gasteiger charge is -2.07. The van der Waals surface area contributed by atoms with Crippen LogP contribution in [0.4, 0.5) is 11.4 Å². The van der Waals surface area contributed by atoms with E-state index in [2.05, 4.69) is 10.3 Å². The molecule has 0 saturated heterocycles. The molecule has 1 aromatic carbocycles. The van der Waals surface area contributed by atoms with Crippen molar-refractivity contribution in [2.24, 2.45) is 0 Å². The predicted octanol–water partition coefficient (Wildman–Crippen LogP) is 2.21. The molecule has 2 rings (SSSR count). The fourth-order valence-electron chi connectivity index (χ4n) is 1.30.